The summed E-state index contributed by atoms with van der Waals surface area (Å²) >= 11 is 0. The predicted octanol–water partition coefficient (Wildman–Crippen LogP) is 1.09. The fourth-order valence-electron chi connectivity index (χ4n) is 1.71. The molecule has 0 spiro atoms. The lowest BCUT2D eigenvalue weighted by Gasteiger charge is -2.07. The fraction of sp³-hybridized carbons (Fsp3) is 0.700. The highest BCUT2D eigenvalue weighted by molar-refractivity contribution is 5.01. The highest BCUT2D eigenvalue weighted by Gasteiger charge is 2.23. The van der Waals surface area contributed by atoms with Crippen LogP contribution in [0.1, 0.15) is 25.0 Å². The molecule has 1 aliphatic rings. The van der Waals surface area contributed by atoms with Crippen molar-refractivity contribution in [1.82, 2.24) is 9.78 Å². The molecule has 13 heavy (non-hydrogen) atoms. The van der Waals surface area contributed by atoms with Gasteiger partial charge in [0.2, 0.25) is 0 Å². The predicted molar refractivity (Wildman–Crippen MR) is 52.2 cm³/mol. The maximum atomic E-state index is 6.01. The van der Waals surface area contributed by atoms with E-state index in [0.29, 0.717) is 6.04 Å². The fourth-order valence-corrected chi connectivity index (χ4v) is 1.71. The summed E-state index contributed by atoms with van der Waals surface area (Å²) in [7, 11) is 1.94. The first kappa shape index (κ1) is 8.75. The molecule has 0 amide bonds. The van der Waals surface area contributed by atoms with Gasteiger partial charge in [0.05, 0.1) is 5.69 Å². The summed E-state index contributed by atoms with van der Waals surface area (Å²) in [5.41, 5.74) is 7.13. The van der Waals surface area contributed by atoms with Crippen LogP contribution in [-0.4, -0.2) is 15.8 Å². The lowest BCUT2D eigenvalue weighted by Crippen LogP contribution is -2.23. The molecule has 2 N–H and O–H groups in total. The molecule has 2 rings (SSSR count). The normalized spacial score (nSPS) is 18.9. The van der Waals surface area contributed by atoms with Gasteiger partial charge < -0.3 is 5.73 Å². The van der Waals surface area contributed by atoms with Crippen LogP contribution in [0.5, 0.6) is 0 Å². The minimum absolute atomic E-state index is 0.308. The van der Waals surface area contributed by atoms with Crippen molar-refractivity contribution in [2.45, 2.75) is 31.7 Å². The summed E-state index contributed by atoms with van der Waals surface area (Å²) in [6, 6.07) is 2.36. The molecule has 1 unspecified atom stereocenters. The van der Waals surface area contributed by atoms with E-state index in [9.17, 15) is 0 Å². The van der Waals surface area contributed by atoms with Gasteiger partial charge in [-0.3, -0.25) is 4.68 Å². The molecule has 0 radical (unpaired) electrons. The smallest absolute Gasteiger partial charge is 0.0639 e. The molecule has 1 fully saturated rings. The quantitative estimate of drug-likeness (QED) is 0.752. The van der Waals surface area contributed by atoms with E-state index in [4.69, 9.17) is 5.73 Å². The molecule has 1 aromatic rings. The minimum atomic E-state index is 0.308. The standard InChI is InChI=1S/C10H17N3/c1-13-5-4-10(12-13)7-9(11)6-8-2-3-8/h4-5,8-9H,2-3,6-7,11H2,1H3. The number of rotatable bonds is 4. The Labute approximate surface area is 78.9 Å². The van der Waals surface area contributed by atoms with Gasteiger partial charge in [0.15, 0.2) is 0 Å². The maximum absolute atomic E-state index is 6.01. The molecule has 1 atom stereocenters. The molecule has 0 aliphatic heterocycles. The average Bonchev–Trinajstić information content (AvgIpc) is 2.76. The van der Waals surface area contributed by atoms with Crippen molar-refractivity contribution in [1.29, 1.82) is 0 Å². The average molecular weight is 179 g/mol. The van der Waals surface area contributed by atoms with E-state index in [1.165, 1.54) is 19.3 Å². The van der Waals surface area contributed by atoms with Crippen molar-refractivity contribution in [2.24, 2.45) is 18.7 Å². The molecule has 3 heteroatoms. The third kappa shape index (κ3) is 2.56. The first-order valence-electron chi connectivity index (χ1n) is 4.98. The van der Waals surface area contributed by atoms with E-state index in [1.54, 1.807) is 0 Å². The zero-order valence-electron chi connectivity index (χ0n) is 8.11. The van der Waals surface area contributed by atoms with Gasteiger partial charge in [0.25, 0.3) is 0 Å². The summed E-state index contributed by atoms with van der Waals surface area (Å²) in [4.78, 5) is 0. The van der Waals surface area contributed by atoms with Gasteiger partial charge >= 0.3 is 0 Å². The van der Waals surface area contributed by atoms with Crippen molar-refractivity contribution < 1.29 is 0 Å². The monoisotopic (exact) mass is 179 g/mol. The first-order chi connectivity index (χ1) is 6.24. The molecule has 0 saturated heterocycles. The molecule has 1 heterocycles. The molecule has 1 aromatic heterocycles. The van der Waals surface area contributed by atoms with Crippen LogP contribution in [0.2, 0.25) is 0 Å². The molecule has 0 aromatic carbocycles. The van der Waals surface area contributed by atoms with Crippen LogP contribution in [0.4, 0.5) is 0 Å². The van der Waals surface area contributed by atoms with Crippen molar-refractivity contribution in [3.05, 3.63) is 18.0 Å². The second-order valence-corrected chi connectivity index (χ2v) is 4.12. The molecule has 72 valence electrons. The second kappa shape index (κ2) is 3.50. The topological polar surface area (TPSA) is 43.8 Å². The Morgan fingerprint density at radius 1 is 1.69 bits per heavy atom. The molecular weight excluding hydrogens is 162 g/mol. The first-order valence-corrected chi connectivity index (χ1v) is 4.98. The second-order valence-electron chi connectivity index (χ2n) is 4.12. The van der Waals surface area contributed by atoms with Gasteiger partial charge in [-0.1, -0.05) is 12.8 Å². The van der Waals surface area contributed by atoms with Gasteiger partial charge in [-0.15, -0.1) is 0 Å². The minimum Gasteiger partial charge on any atom is -0.327 e. The van der Waals surface area contributed by atoms with E-state index in [2.05, 4.69) is 5.10 Å². The largest absolute Gasteiger partial charge is 0.327 e. The third-order valence-corrected chi connectivity index (χ3v) is 2.57. The SMILES string of the molecule is Cn1ccc(CC(N)CC2CC2)n1. The highest BCUT2D eigenvalue weighted by Crippen LogP contribution is 2.33. The Morgan fingerprint density at radius 2 is 2.46 bits per heavy atom. The number of hydrogen-bond donors (Lipinski definition) is 1. The number of hydrogen-bond acceptors (Lipinski definition) is 2. The lowest BCUT2D eigenvalue weighted by atomic mass is 10.1. The van der Waals surface area contributed by atoms with Gasteiger partial charge in [0, 0.05) is 25.7 Å². The third-order valence-electron chi connectivity index (χ3n) is 2.57. The van der Waals surface area contributed by atoms with Crippen LogP contribution >= 0.6 is 0 Å². The van der Waals surface area contributed by atoms with Crippen LogP contribution in [0.25, 0.3) is 0 Å². The number of nitrogens with two attached hydrogens (primary N) is 1. The summed E-state index contributed by atoms with van der Waals surface area (Å²) in [5, 5.41) is 4.32. The van der Waals surface area contributed by atoms with Gasteiger partial charge in [-0.2, -0.15) is 5.10 Å². The molecular formula is C10H17N3. The number of nitrogens with zero attached hydrogens (tertiary/aromatic N) is 2. The van der Waals surface area contributed by atoms with Crippen molar-refractivity contribution in [2.75, 3.05) is 0 Å². The number of aryl methyl sites for hydroxylation is 1. The van der Waals surface area contributed by atoms with Crippen molar-refractivity contribution in [3.8, 4) is 0 Å². The van der Waals surface area contributed by atoms with Crippen LogP contribution in [0, 0.1) is 5.92 Å². The molecule has 3 nitrogen and oxygen atoms in total. The van der Waals surface area contributed by atoms with E-state index < -0.39 is 0 Å². The van der Waals surface area contributed by atoms with E-state index in [0.717, 1.165) is 18.0 Å². The Bertz CT molecular complexity index is 275. The molecule has 1 saturated carbocycles. The van der Waals surface area contributed by atoms with Crippen LogP contribution < -0.4 is 5.73 Å². The Kier molecular flexibility index (Phi) is 2.36. The van der Waals surface area contributed by atoms with Crippen LogP contribution in [-0.2, 0) is 13.5 Å². The zero-order valence-corrected chi connectivity index (χ0v) is 8.11. The Morgan fingerprint density at radius 3 is 3.00 bits per heavy atom. The molecule has 1 aliphatic carbocycles. The van der Waals surface area contributed by atoms with Gasteiger partial charge in [-0.25, -0.2) is 0 Å². The molecule has 0 bridgehead atoms. The van der Waals surface area contributed by atoms with Gasteiger partial charge in [0.1, 0.15) is 0 Å². The van der Waals surface area contributed by atoms with E-state index >= 15 is 0 Å². The van der Waals surface area contributed by atoms with Crippen molar-refractivity contribution in [3.63, 3.8) is 0 Å². The number of aromatic nitrogens is 2. The van der Waals surface area contributed by atoms with Crippen LogP contribution in [0.3, 0.4) is 0 Å². The summed E-state index contributed by atoms with van der Waals surface area (Å²) in [6.45, 7) is 0. The Balaban J connectivity index is 1.82. The Hall–Kier alpha value is -0.830. The van der Waals surface area contributed by atoms with E-state index in [-0.39, 0.29) is 0 Å². The van der Waals surface area contributed by atoms with E-state index in [1.807, 2.05) is 24.0 Å². The lowest BCUT2D eigenvalue weighted by molar-refractivity contribution is 0.556. The van der Waals surface area contributed by atoms with Crippen molar-refractivity contribution >= 4 is 0 Å². The zero-order chi connectivity index (χ0) is 9.26. The summed E-state index contributed by atoms with van der Waals surface area (Å²) in [5.74, 6) is 0.915. The van der Waals surface area contributed by atoms with Gasteiger partial charge in [-0.05, 0) is 18.4 Å². The maximum Gasteiger partial charge on any atom is 0.0639 e. The van der Waals surface area contributed by atoms with Crippen LogP contribution in [0.15, 0.2) is 12.3 Å². The highest BCUT2D eigenvalue weighted by atomic mass is 15.2. The summed E-state index contributed by atoms with van der Waals surface area (Å²) < 4.78 is 1.83. The summed E-state index contributed by atoms with van der Waals surface area (Å²) in [6.07, 6.45) is 6.85.